The van der Waals surface area contributed by atoms with Crippen molar-refractivity contribution in [2.45, 2.75) is 5.22 Å². The molecule has 10 heteroatoms. The Balaban J connectivity index is 1.28. The number of hydrogen-bond acceptors (Lipinski definition) is 7. The number of thioether (sulfide) groups is 1. The van der Waals surface area contributed by atoms with Crippen molar-refractivity contribution in [2.24, 2.45) is 0 Å². The Kier molecular flexibility index (Phi) is 7.06. The highest BCUT2D eigenvalue weighted by Gasteiger charge is 2.17. The number of ether oxygens (including phenoxy) is 1. The first-order valence-corrected chi connectivity index (χ1v) is 11.7. The fourth-order valence-corrected chi connectivity index (χ4v) is 4.98. The first-order chi connectivity index (χ1) is 15.0. The third-order valence-corrected chi connectivity index (χ3v) is 6.86. The van der Waals surface area contributed by atoms with Crippen molar-refractivity contribution in [3.05, 3.63) is 62.4 Å². The molecule has 0 radical (unpaired) electrons. The third-order valence-electron chi connectivity index (χ3n) is 3.96. The summed E-state index contributed by atoms with van der Waals surface area (Å²) < 4.78 is 11.7. The van der Waals surface area contributed by atoms with E-state index in [2.05, 4.69) is 22.0 Å². The van der Waals surface area contributed by atoms with E-state index in [9.17, 15) is 4.79 Å². The van der Waals surface area contributed by atoms with Crippen molar-refractivity contribution in [1.82, 2.24) is 10.2 Å². The number of thiophene rings is 1. The predicted octanol–water partition coefficient (Wildman–Crippen LogP) is 6.86. The molecule has 0 aliphatic rings. The van der Waals surface area contributed by atoms with Crippen LogP contribution in [0.15, 0.2) is 52.1 Å². The molecule has 31 heavy (non-hydrogen) atoms. The van der Waals surface area contributed by atoms with E-state index in [4.69, 9.17) is 44.0 Å². The highest BCUT2D eigenvalue weighted by atomic mass is 35.5. The molecule has 2 heterocycles. The first kappa shape index (κ1) is 22.0. The standard InChI is InChI=1S/C21H11Cl3N2O3S2/c22-12-7-8-13(15(23)11-12)19-25-26-21(29-19)30-10-4-3-9-28-20(27)18-17(24)14-5-1-2-6-16(14)31-18/h1-2,5-8,11H,9-10H2. The quantitative estimate of drug-likeness (QED) is 0.166. The summed E-state index contributed by atoms with van der Waals surface area (Å²) in [6.45, 7) is -0.0422. The van der Waals surface area contributed by atoms with E-state index in [0.717, 1.165) is 10.1 Å². The van der Waals surface area contributed by atoms with Crippen LogP contribution in [0.5, 0.6) is 0 Å². The van der Waals surface area contributed by atoms with Crippen molar-refractivity contribution in [1.29, 1.82) is 0 Å². The molecule has 2 aromatic heterocycles. The summed E-state index contributed by atoms with van der Waals surface area (Å²) in [7, 11) is 0. The number of halogens is 3. The number of benzene rings is 2. The van der Waals surface area contributed by atoms with Crippen molar-refractivity contribution in [3.8, 4) is 23.3 Å². The maximum Gasteiger partial charge on any atom is 0.350 e. The average Bonchev–Trinajstić information content (AvgIpc) is 3.35. The van der Waals surface area contributed by atoms with E-state index >= 15 is 0 Å². The van der Waals surface area contributed by atoms with Gasteiger partial charge >= 0.3 is 5.97 Å². The van der Waals surface area contributed by atoms with E-state index in [1.54, 1.807) is 18.2 Å². The van der Waals surface area contributed by atoms with Crippen LogP contribution in [0.1, 0.15) is 9.67 Å². The maximum atomic E-state index is 12.3. The van der Waals surface area contributed by atoms with Crippen LogP contribution in [0.25, 0.3) is 21.5 Å². The second-order valence-electron chi connectivity index (χ2n) is 5.96. The van der Waals surface area contributed by atoms with Crippen molar-refractivity contribution in [2.75, 3.05) is 12.4 Å². The van der Waals surface area contributed by atoms with Gasteiger partial charge in [-0.1, -0.05) is 76.6 Å². The molecule has 0 saturated carbocycles. The molecule has 4 rings (SSSR count). The van der Waals surface area contributed by atoms with Crippen LogP contribution in [0, 0.1) is 11.8 Å². The van der Waals surface area contributed by atoms with Gasteiger partial charge < -0.3 is 9.15 Å². The molecular formula is C21H11Cl3N2O3S2. The molecule has 0 atom stereocenters. The minimum atomic E-state index is -0.491. The lowest BCUT2D eigenvalue weighted by Gasteiger charge is -1.98. The molecule has 0 aliphatic carbocycles. The van der Waals surface area contributed by atoms with Crippen LogP contribution in [0.3, 0.4) is 0 Å². The molecule has 0 N–H and O–H groups in total. The van der Waals surface area contributed by atoms with Crippen molar-refractivity contribution in [3.63, 3.8) is 0 Å². The molecule has 0 spiro atoms. The zero-order valence-electron chi connectivity index (χ0n) is 15.5. The van der Waals surface area contributed by atoms with Gasteiger partial charge in [-0.25, -0.2) is 4.79 Å². The molecule has 2 aromatic carbocycles. The Morgan fingerprint density at radius 3 is 2.77 bits per heavy atom. The fourth-order valence-electron chi connectivity index (χ4n) is 2.55. The lowest BCUT2D eigenvalue weighted by molar-refractivity contribution is 0.0562. The monoisotopic (exact) mass is 508 g/mol. The van der Waals surface area contributed by atoms with Gasteiger partial charge in [-0.15, -0.1) is 21.5 Å². The Bertz CT molecular complexity index is 1320. The van der Waals surface area contributed by atoms with Crippen LogP contribution >= 0.6 is 57.9 Å². The van der Waals surface area contributed by atoms with Gasteiger partial charge in [0.2, 0.25) is 5.89 Å². The SMILES string of the molecule is O=C(OCC#CCSc1nnc(-c2ccc(Cl)cc2Cl)o1)c1sc2ccccc2c1Cl. The van der Waals surface area contributed by atoms with E-state index in [-0.39, 0.29) is 6.61 Å². The second-order valence-corrected chi connectivity index (χ2v) is 9.16. The van der Waals surface area contributed by atoms with Gasteiger partial charge in [0.05, 0.1) is 21.4 Å². The van der Waals surface area contributed by atoms with Crippen LogP contribution in [0.4, 0.5) is 0 Å². The van der Waals surface area contributed by atoms with E-state index in [1.165, 1.54) is 23.1 Å². The van der Waals surface area contributed by atoms with Gasteiger partial charge in [-0.2, -0.15) is 0 Å². The normalized spacial score (nSPS) is 10.7. The summed E-state index contributed by atoms with van der Waals surface area (Å²) in [4.78, 5) is 12.6. The topological polar surface area (TPSA) is 65.2 Å². The predicted molar refractivity (Wildman–Crippen MR) is 125 cm³/mol. The number of hydrogen-bond donors (Lipinski definition) is 0. The Hall–Kier alpha value is -2.21. The van der Waals surface area contributed by atoms with E-state index in [1.807, 2.05) is 24.3 Å². The van der Waals surface area contributed by atoms with Crippen LogP contribution in [-0.4, -0.2) is 28.5 Å². The van der Waals surface area contributed by atoms with Crippen molar-refractivity contribution >= 4 is 74.0 Å². The second kappa shape index (κ2) is 9.94. The first-order valence-electron chi connectivity index (χ1n) is 8.74. The largest absolute Gasteiger partial charge is 0.448 e. The number of carbonyl (C=O) groups excluding carboxylic acids is 1. The average molecular weight is 510 g/mol. The molecule has 0 amide bonds. The Morgan fingerprint density at radius 1 is 1.13 bits per heavy atom. The summed E-state index contributed by atoms with van der Waals surface area (Å²) >= 11 is 20.9. The zero-order chi connectivity index (χ0) is 21.8. The minimum Gasteiger partial charge on any atom is -0.448 e. The molecule has 0 saturated heterocycles. The van der Waals surface area contributed by atoms with Gasteiger partial charge in [0, 0.05) is 15.1 Å². The number of rotatable bonds is 5. The molecule has 0 unspecified atom stereocenters. The fraction of sp³-hybridized carbons (Fsp3) is 0.0952. The number of nitrogens with zero attached hydrogens (tertiary/aromatic N) is 2. The van der Waals surface area contributed by atoms with Crippen LogP contribution in [-0.2, 0) is 4.74 Å². The summed E-state index contributed by atoms with van der Waals surface area (Å²) in [6, 6.07) is 12.5. The summed E-state index contributed by atoms with van der Waals surface area (Å²) in [5, 5.41) is 10.5. The maximum absolute atomic E-state index is 12.3. The summed E-state index contributed by atoms with van der Waals surface area (Å²) in [5.74, 6) is 5.86. The lowest BCUT2D eigenvalue weighted by Crippen LogP contribution is -2.03. The van der Waals surface area contributed by atoms with Gasteiger partial charge in [0.1, 0.15) is 4.88 Å². The molecule has 5 nitrogen and oxygen atoms in total. The van der Waals surface area contributed by atoms with Crippen molar-refractivity contribution < 1.29 is 13.9 Å². The lowest BCUT2D eigenvalue weighted by atomic mass is 10.2. The summed E-state index contributed by atoms with van der Waals surface area (Å²) in [6.07, 6.45) is 0. The van der Waals surface area contributed by atoms with Gasteiger partial charge in [-0.05, 0) is 24.3 Å². The van der Waals surface area contributed by atoms with Gasteiger partial charge in [0.25, 0.3) is 5.22 Å². The van der Waals surface area contributed by atoms with Gasteiger partial charge in [0.15, 0.2) is 6.61 Å². The Morgan fingerprint density at radius 2 is 1.97 bits per heavy atom. The molecule has 156 valence electrons. The number of esters is 1. The van der Waals surface area contributed by atoms with E-state index in [0.29, 0.717) is 42.4 Å². The molecule has 4 aromatic rings. The van der Waals surface area contributed by atoms with E-state index < -0.39 is 5.97 Å². The third kappa shape index (κ3) is 5.17. The highest BCUT2D eigenvalue weighted by Crippen LogP contribution is 2.35. The minimum absolute atomic E-state index is 0.0422. The molecular weight excluding hydrogens is 499 g/mol. The number of carbonyl (C=O) groups is 1. The Labute approximate surface area is 200 Å². The van der Waals surface area contributed by atoms with Gasteiger partial charge in [-0.3, -0.25) is 0 Å². The zero-order valence-corrected chi connectivity index (χ0v) is 19.4. The number of aromatic nitrogens is 2. The number of fused-ring (bicyclic) bond motifs is 1. The smallest absolute Gasteiger partial charge is 0.350 e. The molecule has 0 bridgehead atoms. The highest BCUT2D eigenvalue weighted by molar-refractivity contribution is 7.99. The molecule has 0 fully saturated rings. The molecule has 0 aliphatic heterocycles. The van der Waals surface area contributed by atoms with Crippen LogP contribution < -0.4 is 0 Å². The van der Waals surface area contributed by atoms with Crippen LogP contribution in [0.2, 0.25) is 15.1 Å². The summed E-state index contributed by atoms with van der Waals surface area (Å²) in [5.41, 5.74) is 0.600.